The van der Waals surface area contributed by atoms with Crippen LogP contribution < -0.4 is 10.1 Å². The third kappa shape index (κ3) is 3.88. The van der Waals surface area contributed by atoms with Crippen LogP contribution in [0.5, 0.6) is 5.75 Å². The van der Waals surface area contributed by atoms with Gasteiger partial charge in [0.1, 0.15) is 18.1 Å². The lowest BCUT2D eigenvalue weighted by molar-refractivity contribution is 0.295. The number of aromatic nitrogens is 2. The summed E-state index contributed by atoms with van der Waals surface area (Å²) in [6, 6.07) is 1.96. The second-order valence-corrected chi connectivity index (χ2v) is 6.38. The Morgan fingerprint density at radius 3 is 2.62 bits per heavy atom. The van der Waals surface area contributed by atoms with Crippen molar-refractivity contribution in [3.8, 4) is 5.75 Å². The van der Waals surface area contributed by atoms with E-state index in [0.717, 1.165) is 28.5 Å². The SMILES string of the molecule is Cc1nn(C)c(C)c1OCc1ccoc1CNC(C)(C)C. The maximum Gasteiger partial charge on any atom is 0.163 e. The molecular weight excluding hydrogens is 266 g/mol. The van der Waals surface area contributed by atoms with E-state index in [1.807, 2.05) is 31.6 Å². The van der Waals surface area contributed by atoms with Gasteiger partial charge >= 0.3 is 0 Å². The molecule has 21 heavy (non-hydrogen) atoms. The van der Waals surface area contributed by atoms with Gasteiger partial charge in [0.25, 0.3) is 0 Å². The molecule has 1 N–H and O–H groups in total. The van der Waals surface area contributed by atoms with Crippen LogP contribution in [0.25, 0.3) is 0 Å². The van der Waals surface area contributed by atoms with Crippen LogP contribution in [-0.4, -0.2) is 15.3 Å². The quantitative estimate of drug-likeness (QED) is 0.919. The fraction of sp³-hybridized carbons (Fsp3) is 0.562. The monoisotopic (exact) mass is 291 g/mol. The van der Waals surface area contributed by atoms with Gasteiger partial charge in [0, 0.05) is 18.2 Å². The summed E-state index contributed by atoms with van der Waals surface area (Å²) in [5.74, 6) is 1.78. The molecule has 0 amide bonds. The van der Waals surface area contributed by atoms with E-state index < -0.39 is 0 Å². The van der Waals surface area contributed by atoms with Crippen LogP contribution in [0.15, 0.2) is 16.7 Å². The van der Waals surface area contributed by atoms with Gasteiger partial charge in [-0.1, -0.05) is 0 Å². The van der Waals surface area contributed by atoms with Gasteiger partial charge in [-0.25, -0.2) is 0 Å². The molecule has 0 aliphatic heterocycles. The normalized spacial score (nSPS) is 11.9. The lowest BCUT2D eigenvalue weighted by Crippen LogP contribution is -2.35. The molecule has 5 heteroatoms. The summed E-state index contributed by atoms with van der Waals surface area (Å²) in [4.78, 5) is 0. The topological polar surface area (TPSA) is 52.2 Å². The summed E-state index contributed by atoms with van der Waals surface area (Å²) >= 11 is 0. The van der Waals surface area contributed by atoms with E-state index in [2.05, 4.69) is 31.2 Å². The molecule has 0 bridgehead atoms. The Morgan fingerprint density at radius 1 is 1.33 bits per heavy atom. The van der Waals surface area contributed by atoms with E-state index >= 15 is 0 Å². The van der Waals surface area contributed by atoms with Crippen LogP contribution in [-0.2, 0) is 20.2 Å². The van der Waals surface area contributed by atoms with Gasteiger partial charge < -0.3 is 14.5 Å². The standard InChI is InChI=1S/C16H25N3O2/c1-11-15(12(2)19(6)18-11)21-10-13-7-8-20-14(13)9-17-16(3,4)5/h7-8,17H,9-10H2,1-6H3. The highest BCUT2D eigenvalue weighted by Gasteiger charge is 2.15. The molecule has 0 radical (unpaired) electrons. The highest BCUT2D eigenvalue weighted by atomic mass is 16.5. The van der Waals surface area contributed by atoms with Crippen molar-refractivity contribution in [2.24, 2.45) is 7.05 Å². The van der Waals surface area contributed by atoms with Crippen LogP contribution in [0.2, 0.25) is 0 Å². The molecule has 5 nitrogen and oxygen atoms in total. The minimum atomic E-state index is 0.0570. The zero-order valence-electron chi connectivity index (χ0n) is 13.8. The molecule has 2 rings (SSSR count). The third-order valence-corrected chi connectivity index (χ3v) is 3.43. The molecule has 0 saturated carbocycles. The maximum absolute atomic E-state index is 5.93. The van der Waals surface area contributed by atoms with Crippen molar-refractivity contribution in [1.29, 1.82) is 0 Å². The molecule has 2 aromatic rings. The minimum Gasteiger partial charge on any atom is -0.485 e. The molecule has 0 atom stereocenters. The molecule has 116 valence electrons. The van der Waals surface area contributed by atoms with Gasteiger partial charge in [0.2, 0.25) is 0 Å². The number of nitrogens with zero attached hydrogens (tertiary/aromatic N) is 2. The second kappa shape index (κ2) is 5.93. The van der Waals surface area contributed by atoms with Crippen LogP contribution in [0.1, 0.15) is 43.5 Å². The van der Waals surface area contributed by atoms with Gasteiger partial charge in [-0.2, -0.15) is 5.10 Å². The van der Waals surface area contributed by atoms with E-state index in [1.54, 1.807) is 6.26 Å². The minimum absolute atomic E-state index is 0.0570. The Balaban J connectivity index is 2.02. The number of furan rings is 1. The predicted molar refractivity (Wildman–Crippen MR) is 82.3 cm³/mol. The second-order valence-electron chi connectivity index (χ2n) is 6.38. The summed E-state index contributed by atoms with van der Waals surface area (Å²) in [7, 11) is 1.92. The van der Waals surface area contributed by atoms with Crippen LogP contribution in [0.4, 0.5) is 0 Å². The Bertz CT molecular complexity index is 606. The first-order valence-corrected chi connectivity index (χ1v) is 7.21. The lowest BCUT2D eigenvalue weighted by Gasteiger charge is -2.20. The van der Waals surface area contributed by atoms with Crippen molar-refractivity contribution in [3.05, 3.63) is 35.0 Å². The summed E-state index contributed by atoms with van der Waals surface area (Å²) in [5.41, 5.74) is 3.06. The lowest BCUT2D eigenvalue weighted by atomic mass is 10.1. The molecule has 2 aromatic heterocycles. The highest BCUT2D eigenvalue weighted by Crippen LogP contribution is 2.23. The first-order chi connectivity index (χ1) is 9.78. The van der Waals surface area contributed by atoms with Crippen molar-refractivity contribution in [2.45, 2.75) is 53.3 Å². The Kier molecular flexibility index (Phi) is 4.42. The molecule has 0 fully saturated rings. The van der Waals surface area contributed by atoms with Crippen molar-refractivity contribution < 1.29 is 9.15 Å². The number of aryl methyl sites for hydroxylation is 2. The van der Waals surface area contributed by atoms with E-state index in [4.69, 9.17) is 9.15 Å². The average Bonchev–Trinajstić information content (AvgIpc) is 2.91. The summed E-state index contributed by atoms with van der Waals surface area (Å²) < 4.78 is 13.3. The molecule has 0 unspecified atom stereocenters. The fourth-order valence-electron chi connectivity index (χ4n) is 2.11. The zero-order chi connectivity index (χ0) is 15.6. The number of ether oxygens (including phenoxy) is 1. The molecular formula is C16H25N3O2. The Hall–Kier alpha value is -1.75. The highest BCUT2D eigenvalue weighted by molar-refractivity contribution is 5.32. The molecule has 0 aliphatic carbocycles. The van der Waals surface area contributed by atoms with E-state index in [0.29, 0.717) is 13.2 Å². The third-order valence-electron chi connectivity index (χ3n) is 3.43. The predicted octanol–water partition coefficient (Wildman–Crippen LogP) is 3.10. The van der Waals surface area contributed by atoms with Gasteiger partial charge in [-0.3, -0.25) is 4.68 Å². The number of hydrogen-bond donors (Lipinski definition) is 1. The average molecular weight is 291 g/mol. The smallest absolute Gasteiger partial charge is 0.163 e. The molecule has 0 aromatic carbocycles. The number of nitrogens with one attached hydrogen (secondary N) is 1. The number of hydrogen-bond acceptors (Lipinski definition) is 4. The number of rotatable bonds is 5. The van der Waals surface area contributed by atoms with Crippen molar-refractivity contribution >= 4 is 0 Å². The Morgan fingerprint density at radius 2 is 2.05 bits per heavy atom. The Labute approximate surface area is 126 Å². The van der Waals surface area contributed by atoms with Gasteiger partial charge in [0.05, 0.1) is 18.5 Å². The molecule has 2 heterocycles. The van der Waals surface area contributed by atoms with Crippen molar-refractivity contribution in [2.75, 3.05) is 0 Å². The first-order valence-electron chi connectivity index (χ1n) is 7.21. The van der Waals surface area contributed by atoms with Crippen molar-refractivity contribution in [1.82, 2.24) is 15.1 Å². The largest absolute Gasteiger partial charge is 0.485 e. The van der Waals surface area contributed by atoms with E-state index in [9.17, 15) is 0 Å². The summed E-state index contributed by atoms with van der Waals surface area (Å²) in [5, 5.41) is 7.78. The molecule has 0 spiro atoms. The first kappa shape index (κ1) is 15.6. The van der Waals surface area contributed by atoms with Crippen LogP contribution in [0, 0.1) is 13.8 Å². The van der Waals surface area contributed by atoms with E-state index in [1.165, 1.54) is 0 Å². The van der Waals surface area contributed by atoms with Gasteiger partial charge in [0.15, 0.2) is 5.75 Å². The van der Waals surface area contributed by atoms with E-state index in [-0.39, 0.29) is 5.54 Å². The maximum atomic E-state index is 5.93. The fourth-order valence-corrected chi connectivity index (χ4v) is 2.11. The van der Waals surface area contributed by atoms with Gasteiger partial charge in [-0.05, 0) is 40.7 Å². The zero-order valence-corrected chi connectivity index (χ0v) is 13.8. The molecule has 0 aliphatic rings. The summed E-state index contributed by atoms with van der Waals surface area (Å²) in [6.45, 7) is 11.6. The van der Waals surface area contributed by atoms with Gasteiger partial charge in [-0.15, -0.1) is 0 Å². The van der Waals surface area contributed by atoms with Crippen LogP contribution >= 0.6 is 0 Å². The summed E-state index contributed by atoms with van der Waals surface area (Å²) in [6.07, 6.45) is 1.71. The molecule has 0 saturated heterocycles. The van der Waals surface area contributed by atoms with Crippen molar-refractivity contribution in [3.63, 3.8) is 0 Å². The van der Waals surface area contributed by atoms with Crippen LogP contribution in [0.3, 0.4) is 0 Å².